The van der Waals surface area contributed by atoms with Crippen LogP contribution in [0.3, 0.4) is 0 Å². The van der Waals surface area contributed by atoms with Crippen molar-refractivity contribution < 1.29 is 9.53 Å². The number of carbonyl (C=O) groups excluding carboxylic acids is 1. The van der Waals surface area contributed by atoms with Crippen molar-refractivity contribution in [2.45, 2.75) is 26.3 Å². The molecule has 0 aliphatic rings. The zero-order valence-corrected chi connectivity index (χ0v) is 13.2. The topological polar surface area (TPSA) is 63.2 Å². The first-order valence-corrected chi connectivity index (χ1v) is 7.64. The number of methoxy groups -OCH3 is 1. The SMILES string of the molecule is CC[C@@H](Nc1cccc(OC)c1)C(=O)Nc1nc(C)cs1. The van der Waals surface area contributed by atoms with Crippen molar-refractivity contribution in [1.82, 2.24) is 4.98 Å². The fourth-order valence-corrected chi connectivity index (χ4v) is 2.56. The molecule has 0 fully saturated rings. The van der Waals surface area contributed by atoms with Crippen LogP contribution in [-0.2, 0) is 4.79 Å². The molecule has 1 amide bonds. The first kappa shape index (κ1) is 15.3. The molecular weight excluding hydrogens is 286 g/mol. The molecule has 5 nitrogen and oxygen atoms in total. The van der Waals surface area contributed by atoms with Crippen molar-refractivity contribution in [2.75, 3.05) is 17.7 Å². The molecule has 0 unspecified atom stereocenters. The van der Waals surface area contributed by atoms with Crippen LogP contribution < -0.4 is 15.4 Å². The van der Waals surface area contributed by atoms with E-state index < -0.39 is 0 Å². The highest BCUT2D eigenvalue weighted by Crippen LogP contribution is 2.19. The van der Waals surface area contributed by atoms with Gasteiger partial charge in [-0.1, -0.05) is 13.0 Å². The average molecular weight is 305 g/mol. The Bertz CT molecular complexity index is 612. The molecule has 2 rings (SSSR count). The summed E-state index contributed by atoms with van der Waals surface area (Å²) in [5, 5.41) is 8.59. The van der Waals surface area contributed by atoms with Crippen LogP contribution in [0.1, 0.15) is 19.0 Å². The molecule has 21 heavy (non-hydrogen) atoms. The fraction of sp³-hybridized carbons (Fsp3) is 0.333. The van der Waals surface area contributed by atoms with Crippen LogP contribution >= 0.6 is 11.3 Å². The normalized spacial score (nSPS) is 11.8. The molecule has 2 aromatic rings. The number of aromatic nitrogens is 1. The maximum Gasteiger partial charge on any atom is 0.248 e. The second-order valence-electron chi connectivity index (χ2n) is 4.62. The van der Waals surface area contributed by atoms with Gasteiger partial charge in [0.25, 0.3) is 0 Å². The number of ether oxygens (including phenoxy) is 1. The molecule has 1 atom stereocenters. The third-order valence-electron chi connectivity index (χ3n) is 2.98. The highest BCUT2D eigenvalue weighted by atomic mass is 32.1. The molecule has 0 bridgehead atoms. The van der Waals surface area contributed by atoms with Crippen molar-refractivity contribution in [1.29, 1.82) is 0 Å². The number of aryl methyl sites for hydroxylation is 1. The smallest absolute Gasteiger partial charge is 0.248 e. The van der Waals surface area contributed by atoms with E-state index in [-0.39, 0.29) is 11.9 Å². The summed E-state index contributed by atoms with van der Waals surface area (Å²) in [6.07, 6.45) is 0.674. The molecule has 0 radical (unpaired) electrons. The summed E-state index contributed by atoms with van der Waals surface area (Å²) in [6.45, 7) is 3.86. The predicted octanol–water partition coefficient (Wildman–Crippen LogP) is 3.29. The summed E-state index contributed by atoms with van der Waals surface area (Å²) in [4.78, 5) is 16.5. The second-order valence-corrected chi connectivity index (χ2v) is 5.48. The quantitative estimate of drug-likeness (QED) is 0.859. The molecule has 0 spiro atoms. The highest BCUT2D eigenvalue weighted by molar-refractivity contribution is 7.13. The third-order valence-corrected chi connectivity index (χ3v) is 3.86. The lowest BCUT2D eigenvalue weighted by atomic mass is 10.2. The summed E-state index contributed by atoms with van der Waals surface area (Å²) in [5.41, 5.74) is 1.76. The van der Waals surface area contributed by atoms with Crippen molar-refractivity contribution in [3.63, 3.8) is 0 Å². The number of anilines is 2. The van der Waals surface area contributed by atoms with E-state index in [0.717, 1.165) is 17.1 Å². The van der Waals surface area contributed by atoms with E-state index in [2.05, 4.69) is 15.6 Å². The van der Waals surface area contributed by atoms with Gasteiger partial charge in [0.05, 0.1) is 12.8 Å². The number of hydrogen-bond acceptors (Lipinski definition) is 5. The van der Waals surface area contributed by atoms with Crippen LogP contribution in [0.25, 0.3) is 0 Å². The number of amides is 1. The first-order valence-electron chi connectivity index (χ1n) is 6.76. The van der Waals surface area contributed by atoms with E-state index in [9.17, 15) is 4.79 Å². The van der Waals surface area contributed by atoms with Crippen LogP contribution in [0, 0.1) is 6.92 Å². The molecule has 1 heterocycles. The Hall–Kier alpha value is -2.08. The lowest BCUT2D eigenvalue weighted by Crippen LogP contribution is -2.34. The lowest BCUT2D eigenvalue weighted by molar-refractivity contribution is -0.116. The molecule has 1 aromatic heterocycles. The Labute approximate surface area is 128 Å². The summed E-state index contributed by atoms with van der Waals surface area (Å²) >= 11 is 1.43. The van der Waals surface area contributed by atoms with E-state index in [1.165, 1.54) is 11.3 Å². The van der Waals surface area contributed by atoms with E-state index in [4.69, 9.17) is 4.74 Å². The molecule has 1 aromatic carbocycles. The number of rotatable bonds is 6. The summed E-state index contributed by atoms with van der Waals surface area (Å²) in [7, 11) is 1.62. The van der Waals surface area contributed by atoms with Crippen molar-refractivity contribution in [2.24, 2.45) is 0 Å². The predicted molar refractivity (Wildman–Crippen MR) is 86.2 cm³/mol. The van der Waals surface area contributed by atoms with Crippen molar-refractivity contribution in [3.8, 4) is 5.75 Å². The Morgan fingerprint density at radius 1 is 1.48 bits per heavy atom. The van der Waals surface area contributed by atoms with Crippen LogP contribution in [0.5, 0.6) is 5.75 Å². The molecule has 0 aliphatic carbocycles. The highest BCUT2D eigenvalue weighted by Gasteiger charge is 2.17. The Morgan fingerprint density at radius 2 is 2.29 bits per heavy atom. The second kappa shape index (κ2) is 7.08. The van der Waals surface area contributed by atoms with Gasteiger partial charge in [-0.25, -0.2) is 4.98 Å². The molecule has 6 heteroatoms. The molecule has 0 aliphatic heterocycles. The molecule has 0 saturated carbocycles. The third kappa shape index (κ3) is 4.19. The summed E-state index contributed by atoms with van der Waals surface area (Å²) in [6, 6.07) is 7.21. The van der Waals surface area contributed by atoms with Crippen LogP contribution in [0.4, 0.5) is 10.8 Å². The summed E-state index contributed by atoms with van der Waals surface area (Å²) < 4.78 is 5.18. The maximum absolute atomic E-state index is 12.3. The standard InChI is InChI=1S/C15H19N3O2S/c1-4-13(14(19)18-15-16-10(2)9-21-15)17-11-6-5-7-12(8-11)20-3/h5-9,13,17H,4H2,1-3H3,(H,16,18,19)/t13-/m1/s1. The van der Waals surface area contributed by atoms with Gasteiger partial charge in [-0.2, -0.15) is 0 Å². The van der Waals surface area contributed by atoms with E-state index >= 15 is 0 Å². The van der Waals surface area contributed by atoms with Gasteiger partial charge >= 0.3 is 0 Å². The Kier molecular flexibility index (Phi) is 5.16. The van der Waals surface area contributed by atoms with Crippen LogP contribution in [0.15, 0.2) is 29.6 Å². The van der Waals surface area contributed by atoms with Gasteiger partial charge < -0.3 is 15.4 Å². The number of nitrogens with one attached hydrogen (secondary N) is 2. The van der Waals surface area contributed by atoms with Gasteiger partial charge in [0.15, 0.2) is 5.13 Å². The molecule has 112 valence electrons. The van der Waals surface area contributed by atoms with Gasteiger partial charge in [-0.05, 0) is 25.5 Å². The van der Waals surface area contributed by atoms with Crippen molar-refractivity contribution in [3.05, 3.63) is 35.3 Å². The molecule has 0 saturated heterocycles. The number of carbonyl (C=O) groups is 1. The molecular formula is C15H19N3O2S. The largest absolute Gasteiger partial charge is 0.497 e. The minimum Gasteiger partial charge on any atom is -0.497 e. The average Bonchev–Trinajstić information content (AvgIpc) is 2.90. The first-order chi connectivity index (χ1) is 10.1. The maximum atomic E-state index is 12.3. The van der Waals surface area contributed by atoms with Gasteiger partial charge in [0.1, 0.15) is 11.8 Å². The number of nitrogens with zero attached hydrogens (tertiary/aromatic N) is 1. The van der Waals surface area contributed by atoms with Gasteiger partial charge in [-0.3, -0.25) is 4.79 Å². The van der Waals surface area contributed by atoms with Crippen LogP contribution in [-0.4, -0.2) is 24.0 Å². The summed E-state index contributed by atoms with van der Waals surface area (Å²) in [5.74, 6) is 0.667. The zero-order chi connectivity index (χ0) is 15.2. The van der Waals surface area contributed by atoms with Gasteiger partial charge in [-0.15, -0.1) is 11.3 Å². The molecule has 2 N–H and O–H groups in total. The van der Waals surface area contributed by atoms with E-state index in [1.54, 1.807) is 7.11 Å². The number of thiazole rings is 1. The van der Waals surface area contributed by atoms with E-state index in [1.807, 2.05) is 43.5 Å². The Balaban J connectivity index is 2.02. The van der Waals surface area contributed by atoms with Crippen molar-refractivity contribution >= 4 is 28.1 Å². The fourth-order valence-electron chi connectivity index (χ4n) is 1.87. The monoisotopic (exact) mass is 305 g/mol. The number of benzene rings is 1. The Morgan fingerprint density at radius 3 is 2.90 bits per heavy atom. The number of hydrogen-bond donors (Lipinski definition) is 2. The lowest BCUT2D eigenvalue weighted by Gasteiger charge is -2.17. The van der Waals surface area contributed by atoms with E-state index in [0.29, 0.717) is 11.6 Å². The minimum absolute atomic E-state index is 0.0883. The van der Waals surface area contributed by atoms with Gasteiger partial charge in [0, 0.05) is 17.1 Å². The minimum atomic E-state index is -0.318. The van der Waals surface area contributed by atoms with Crippen LogP contribution in [0.2, 0.25) is 0 Å². The zero-order valence-electron chi connectivity index (χ0n) is 12.3. The van der Waals surface area contributed by atoms with Gasteiger partial charge in [0.2, 0.25) is 5.91 Å².